The summed E-state index contributed by atoms with van der Waals surface area (Å²) in [5.41, 5.74) is 6.73. The van der Waals surface area contributed by atoms with Crippen molar-refractivity contribution in [2.24, 2.45) is 7.05 Å². The second kappa shape index (κ2) is 10.1. The van der Waals surface area contributed by atoms with E-state index in [9.17, 15) is 4.79 Å². The van der Waals surface area contributed by atoms with Crippen molar-refractivity contribution in [3.8, 4) is 0 Å². The van der Waals surface area contributed by atoms with Gasteiger partial charge in [0.15, 0.2) is 0 Å². The molecule has 2 heterocycles. The van der Waals surface area contributed by atoms with Crippen molar-refractivity contribution < 1.29 is 4.79 Å². The molecule has 0 atom stereocenters. The Morgan fingerprint density at radius 3 is 2.79 bits per heavy atom. The molecule has 168 valence electrons. The topological polar surface area (TPSA) is 66.8 Å². The number of aldehydes is 1. The molecule has 0 amide bonds. The number of aromatic nitrogens is 4. The molecule has 33 heavy (non-hydrogen) atoms. The highest BCUT2D eigenvalue weighted by molar-refractivity contribution is 5.79. The summed E-state index contributed by atoms with van der Waals surface area (Å²) in [6, 6.07) is 8.78. The molecular formula is C27H29N5O. The Labute approximate surface area is 194 Å². The highest BCUT2D eigenvalue weighted by Gasteiger charge is 2.11. The first kappa shape index (κ1) is 22.3. The zero-order valence-electron chi connectivity index (χ0n) is 19.3. The number of nitrogens with zero attached hydrogens (tertiary/aromatic N) is 4. The SMILES string of the molecule is CN(C)/C=C(\C=C/C=O)c1cn[nH]c1CCc1ccc(C2=c3ncn(C)c3=CC=CC2)cc1. The Balaban J connectivity index is 1.54. The van der Waals surface area contributed by atoms with Crippen LogP contribution in [0.3, 0.4) is 0 Å². The number of rotatable bonds is 8. The maximum Gasteiger partial charge on any atom is 0.142 e. The molecule has 6 heteroatoms. The van der Waals surface area contributed by atoms with E-state index in [1.165, 1.54) is 22.8 Å². The fraction of sp³-hybridized carbons (Fsp3) is 0.222. The minimum atomic E-state index is 0.791. The highest BCUT2D eigenvalue weighted by Crippen LogP contribution is 2.22. The maximum absolute atomic E-state index is 10.8. The van der Waals surface area contributed by atoms with Crippen molar-refractivity contribution in [2.45, 2.75) is 19.3 Å². The Bertz CT molecular complexity index is 1330. The van der Waals surface area contributed by atoms with Crippen LogP contribution in [-0.4, -0.2) is 45.0 Å². The van der Waals surface area contributed by atoms with Gasteiger partial charge in [-0.15, -0.1) is 0 Å². The van der Waals surface area contributed by atoms with Gasteiger partial charge in [0.05, 0.1) is 23.2 Å². The van der Waals surface area contributed by atoms with Gasteiger partial charge in [-0.1, -0.05) is 36.4 Å². The van der Waals surface area contributed by atoms with Gasteiger partial charge in [0.2, 0.25) is 0 Å². The summed E-state index contributed by atoms with van der Waals surface area (Å²) in [7, 11) is 5.95. The van der Waals surface area contributed by atoms with E-state index in [0.717, 1.165) is 53.1 Å². The molecule has 3 aromatic rings. The van der Waals surface area contributed by atoms with Gasteiger partial charge >= 0.3 is 0 Å². The van der Waals surface area contributed by atoms with E-state index < -0.39 is 0 Å². The van der Waals surface area contributed by atoms with Crippen molar-refractivity contribution in [3.05, 3.63) is 100 Å². The van der Waals surface area contributed by atoms with E-state index in [4.69, 9.17) is 0 Å². The number of hydrogen-bond donors (Lipinski definition) is 1. The van der Waals surface area contributed by atoms with Crippen molar-refractivity contribution >= 4 is 23.5 Å². The number of fused-ring (bicyclic) bond motifs is 1. The lowest BCUT2D eigenvalue weighted by atomic mass is 9.98. The molecule has 1 N–H and O–H groups in total. The standard InChI is InChI=1S/C27H29N5O/c1-31(2)18-22(7-6-16-33)24-17-29-30-25(24)15-12-20-10-13-21(14-11-20)23-8-4-5-9-26-27(23)28-19-32(26)3/h4-7,9-11,13-14,16-19H,8,12,15H2,1-3H3,(H,29,30)/b7-6-,22-18+. The van der Waals surface area contributed by atoms with E-state index in [1.807, 2.05) is 50.8 Å². The molecular weight excluding hydrogens is 410 g/mol. The van der Waals surface area contributed by atoms with Crippen molar-refractivity contribution in [3.63, 3.8) is 0 Å². The van der Waals surface area contributed by atoms with Crippen molar-refractivity contribution in [2.75, 3.05) is 14.1 Å². The Morgan fingerprint density at radius 2 is 2.03 bits per heavy atom. The summed E-state index contributed by atoms with van der Waals surface area (Å²) in [5, 5.41) is 9.58. The number of carbonyl (C=O) groups is 1. The zero-order valence-corrected chi connectivity index (χ0v) is 19.3. The molecule has 0 saturated carbocycles. The number of carbonyl (C=O) groups excluding carboxylic acids is 1. The molecule has 0 radical (unpaired) electrons. The van der Waals surface area contributed by atoms with E-state index >= 15 is 0 Å². The molecule has 4 rings (SSSR count). The van der Waals surface area contributed by atoms with E-state index in [-0.39, 0.29) is 0 Å². The summed E-state index contributed by atoms with van der Waals surface area (Å²) >= 11 is 0. The molecule has 2 aromatic heterocycles. The van der Waals surface area contributed by atoms with Crippen molar-refractivity contribution in [1.29, 1.82) is 0 Å². The molecule has 1 aliphatic carbocycles. The lowest BCUT2D eigenvalue weighted by Crippen LogP contribution is -2.30. The van der Waals surface area contributed by atoms with Crippen LogP contribution in [0.15, 0.2) is 67.3 Å². The summed E-state index contributed by atoms with van der Waals surface area (Å²) in [5.74, 6) is 0. The van der Waals surface area contributed by atoms with Crippen LogP contribution in [-0.2, 0) is 24.7 Å². The number of H-pyrrole nitrogens is 1. The fourth-order valence-corrected chi connectivity index (χ4v) is 4.08. The van der Waals surface area contributed by atoms with Crippen LogP contribution in [0.5, 0.6) is 0 Å². The number of aromatic amines is 1. The number of imidazole rings is 1. The maximum atomic E-state index is 10.8. The number of hydrogen-bond acceptors (Lipinski definition) is 4. The smallest absolute Gasteiger partial charge is 0.142 e. The number of nitrogens with one attached hydrogen (secondary N) is 1. The summed E-state index contributed by atoms with van der Waals surface area (Å²) < 4.78 is 2.06. The average molecular weight is 440 g/mol. The van der Waals surface area contributed by atoms with Gasteiger partial charge in [-0.05, 0) is 54.2 Å². The van der Waals surface area contributed by atoms with Gasteiger partial charge < -0.3 is 9.47 Å². The summed E-state index contributed by atoms with van der Waals surface area (Å²) in [6.07, 6.45) is 18.8. The third-order valence-corrected chi connectivity index (χ3v) is 5.73. The van der Waals surface area contributed by atoms with Crippen molar-refractivity contribution in [1.82, 2.24) is 24.6 Å². The summed E-state index contributed by atoms with van der Waals surface area (Å²) in [6.45, 7) is 0. The molecule has 6 nitrogen and oxygen atoms in total. The van der Waals surface area contributed by atoms with Gasteiger partial charge in [0, 0.05) is 44.2 Å². The molecule has 0 fully saturated rings. The first-order chi connectivity index (χ1) is 16.1. The van der Waals surface area contributed by atoms with E-state index in [2.05, 4.69) is 62.2 Å². The normalized spacial score (nSPS) is 13.7. The first-order valence-electron chi connectivity index (χ1n) is 11.1. The molecule has 0 bridgehead atoms. The van der Waals surface area contributed by atoms with E-state index in [1.54, 1.807) is 0 Å². The Morgan fingerprint density at radius 1 is 1.21 bits per heavy atom. The zero-order chi connectivity index (χ0) is 23.2. The quantitative estimate of drug-likeness (QED) is 0.333. The fourth-order valence-electron chi connectivity index (χ4n) is 4.08. The third-order valence-electron chi connectivity index (χ3n) is 5.73. The predicted molar refractivity (Wildman–Crippen MR) is 132 cm³/mol. The van der Waals surface area contributed by atoms with Crippen LogP contribution < -0.4 is 10.7 Å². The van der Waals surface area contributed by atoms with Crippen LogP contribution in [0, 0.1) is 0 Å². The molecule has 0 aliphatic heterocycles. The van der Waals surface area contributed by atoms with Crippen LogP contribution in [0.4, 0.5) is 0 Å². The second-order valence-electron chi connectivity index (χ2n) is 8.37. The van der Waals surface area contributed by atoms with Gasteiger partial charge in [0.25, 0.3) is 0 Å². The molecule has 0 unspecified atom stereocenters. The lowest BCUT2D eigenvalue weighted by molar-refractivity contribution is -0.104. The molecule has 0 saturated heterocycles. The van der Waals surface area contributed by atoms with Gasteiger partial charge in [0.1, 0.15) is 6.29 Å². The third kappa shape index (κ3) is 5.12. The average Bonchev–Trinajstić information content (AvgIpc) is 3.36. The summed E-state index contributed by atoms with van der Waals surface area (Å²) in [4.78, 5) is 17.4. The molecule has 1 aromatic carbocycles. The molecule has 0 spiro atoms. The number of allylic oxidation sites excluding steroid dienone is 5. The van der Waals surface area contributed by atoms with Crippen LogP contribution in [0.2, 0.25) is 0 Å². The van der Waals surface area contributed by atoms with E-state index in [0.29, 0.717) is 0 Å². The number of aryl methyl sites for hydroxylation is 3. The lowest BCUT2D eigenvalue weighted by Gasteiger charge is -2.10. The minimum Gasteiger partial charge on any atom is -0.383 e. The second-order valence-corrected chi connectivity index (χ2v) is 8.37. The minimum absolute atomic E-state index is 0.791. The van der Waals surface area contributed by atoms with Gasteiger partial charge in [-0.2, -0.15) is 5.10 Å². The van der Waals surface area contributed by atoms with Crippen LogP contribution >= 0.6 is 0 Å². The predicted octanol–water partition coefficient (Wildman–Crippen LogP) is 2.53. The Hall–Kier alpha value is -3.93. The Kier molecular flexibility index (Phi) is 6.83. The monoisotopic (exact) mass is 439 g/mol. The first-order valence-corrected chi connectivity index (χ1v) is 11.1. The van der Waals surface area contributed by atoms with Gasteiger partial charge in [-0.25, -0.2) is 4.98 Å². The largest absolute Gasteiger partial charge is 0.383 e. The molecule has 1 aliphatic rings. The highest BCUT2D eigenvalue weighted by atomic mass is 16.1. The van der Waals surface area contributed by atoms with Gasteiger partial charge in [-0.3, -0.25) is 9.89 Å². The van der Waals surface area contributed by atoms with Crippen LogP contribution in [0.1, 0.15) is 28.8 Å². The number of benzene rings is 1. The van der Waals surface area contributed by atoms with Crippen LogP contribution in [0.25, 0.3) is 17.2 Å².